The number of benzene rings is 3. The lowest BCUT2D eigenvalue weighted by Crippen LogP contribution is -2.53. The molecule has 0 saturated heterocycles. The number of hydrogen-bond donors (Lipinski definition) is 1. The molecule has 3 aromatic carbocycles. The third-order valence-corrected chi connectivity index (χ3v) is 9.91. The van der Waals surface area contributed by atoms with Crippen LogP contribution in [-0.2, 0) is 26.2 Å². The monoisotopic (exact) mass is 651 g/mol. The minimum atomic E-state index is -4.22. The average Bonchev–Trinajstić information content (AvgIpc) is 2.94. The predicted octanol–water partition coefficient (Wildman–Crippen LogP) is 7.18. The molecule has 3 rings (SSSR count). The predicted molar refractivity (Wildman–Crippen MR) is 171 cm³/mol. The Balaban J connectivity index is 2.13. The third-order valence-electron chi connectivity index (χ3n) is 7.14. The first-order chi connectivity index (χ1) is 19.8. The van der Waals surface area contributed by atoms with E-state index in [9.17, 15) is 18.0 Å². The van der Waals surface area contributed by atoms with Gasteiger partial charge in [0.15, 0.2) is 0 Å². The SMILES string of the molecule is CCC(C)NC(=O)C(CC)N(Cc1ccc(Cl)cc1Cl)C(=O)CN(c1cccc(Cl)c1C)S(=O)(=O)c1ccc(C)cc1. The zero-order chi connectivity index (χ0) is 31.2. The van der Waals surface area contributed by atoms with Gasteiger partial charge in [0.25, 0.3) is 10.0 Å². The zero-order valence-corrected chi connectivity index (χ0v) is 27.4. The van der Waals surface area contributed by atoms with E-state index in [-0.39, 0.29) is 29.1 Å². The lowest BCUT2D eigenvalue weighted by Gasteiger charge is -2.34. The summed E-state index contributed by atoms with van der Waals surface area (Å²) in [6.45, 7) is 8.57. The second-order valence-electron chi connectivity index (χ2n) is 10.2. The van der Waals surface area contributed by atoms with Gasteiger partial charge in [-0.3, -0.25) is 13.9 Å². The van der Waals surface area contributed by atoms with Gasteiger partial charge in [0, 0.05) is 27.7 Å². The maximum atomic E-state index is 14.2. The van der Waals surface area contributed by atoms with E-state index in [2.05, 4.69) is 5.32 Å². The Labute approximate surface area is 263 Å². The molecule has 11 heteroatoms. The zero-order valence-electron chi connectivity index (χ0n) is 24.3. The summed E-state index contributed by atoms with van der Waals surface area (Å²) in [5, 5.41) is 4.06. The van der Waals surface area contributed by atoms with Crippen LogP contribution >= 0.6 is 34.8 Å². The average molecular weight is 653 g/mol. The molecule has 2 amide bonds. The second kappa shape index (κ2) is 14.6. The van der Waals surface area contributed by atoms with E-state index in [0.29, 0.717) is 39.0 Å². The molecule has 0 spiro atoms. The van der Waals surface area contributed by atoms with Crippen LogP contribution in [-0.4, -0.2) is 43.8 Å². The normalized spacial score (nSPS) is 12.9. The van der Waals surface area contributed by atoms with Gasteiger partial charge in [0.2, 0.25) is 11.8 Å². The van der Waals surface area contributed by atoms with Gasteiger partial charge < -0.3 is 10.2 Å². The number of hydrogen-bond acceptors (Lipinski definition) is 4. The fourth-order valence-electron chi connectivity index (χ4n) is 4.41. The molecule has 0 fully saturated rings. The van der Waals surface area contributed by atoms with Crippen LogP contribution in [0.25, 0.3) is 0 Å². The maximum Gasteiger partial charge on any atom is 0.264 e. The number of halogens is 3. The van der Waals surface area contributed by atoms with Crippen LogP contribution in [0.1, 0.15) is 50.3 Å². The van der Waals surface area contributed by atoms with Crippen molar-refractivity contribution in [2.45, 2.75) is 71.0 Å². The summed E-state index contributed by atoms with van der Waals surface area (Å²) in [6, 6.07) is 15.2. The second-order valence-corrected chi connectivity index (χ2v) is 13.3. The summed E-state index contributed by atoms with van der Waals surface area (Å²) in [5.41, 5.74) is 2.21. The molecular formula is C31H36Cl3N3O4S. The lowest BCUT2D eigenvalue weighted by molar-refractivity contribution is -0.140. The van der Waals surface area contributed by atoms with Crippen molar-refractivity contribution in [1.29, 1.82) is 0 Å². The van der Waals surface area contributed by atoms with Crippen molar-refractivity contribution in [3.05, 3.63) is 92.4 Å². The Bertz CT molecular complexity index is 1530. The molecule has 0 aliphatic carbocycles. The first-order valence-electron chi connectivity index (χ1n) is 13.7. The van der Waals surface area contributed by atoms with E-state index in [4.69, 9.17) is 34.8 Å². The molecule has 0 saturated carbocycles. The van der Waals surface area contributed by atoms with Crippen LogP contribution in [0.3, 0.4) is 0 Å². The molecule has 3 aromatic rings. The van der Waals surface area contributed by atoms with Gasteiger partial charge in [-0.1, -0.05) is 78.5 Å². The quantitative estimate of drug-likeness (QED) is 0.225. The van der Waals surface area contributed by atoms with Gasteiger partial charge in [-0.15, -0.1) is 0 Å². The largest absolute Gasteiger partial charge is 0.352 e. The molecule has 226 valence electrons. The van der Waals surface area contributed by atoms with Crippen molar-refractivity contribution in [2.75, 3.05) is 10.8 Å². The standard InChI is InChI=1S/C31H36Cl3N3O4S/c1-6-21(4)35-31(39)28(7-2)36(18-23-13-14-24(32)17-27(23)34)30(38)19-37(29-10-8-9-26(33)22(29)5)42(40,41)25-15-11-20(3)12-16-25/h8-17,21,28H,6-7,18-19H2,1-5H3,(H,35,39). The summed E-state index contributed by atoms with van der Waals surface area (Å²) in [7, 11) is -4.22. The highest BCUT2D eigenvalue weighted by molar-refractivity contribution is 7.92. The number of carbonyl (C=O) groups excluding carboxylic acids is 2. The van der Waals surface area contributed by atoms with Crippen molar-refractivity contribution in [2.24, 2.45) is 0 Å². The molecule has 1 N–H and O–H groups in total. The van der Waals surface area contributed by atoms with Crippen molar-refractivity contribution >= 4 is 62.3 Å². The summed E-state index contributed by atoms with van der Waals surface area (Å²) >= 11 is 19.0. The lowest BCUT2D eigenvalue weighted by atomic mass is 10.1. The molecular weight excluding hydrogens is 617 g/mol. The Morgan fingerprint density at radius 3 is 2.17 bits per heavy atom. The van der Waals surface area contributed by atoms with Crippen LogP contribution in [0.2, 0.25) is 15.1 Å². The number of nitrogens with one attached hydrogen (secondary N) is 1. The third kappa shape index (κ3) is 7.98. The van der Waals surface area contributed by atoms with Gasteiger partial charge in [0.05, 0.1) is 10.6 Å². The van der Waals surface area contributed by atoms with Gasteiger partial charge in [-0.2, -0.15) is 0 Å². The summed E-state index contributed by atoms with van der Waals surface area (Å²) < 4.78 is 29.2. The number of sulfonamides is 1. The highest BCUT2D eigenvalue weighted by atomic mass is 35.5. The fourth-order valence-corrected chi connectivity index (χ4v) is 6.52. The number of nitrogens with zero attached hydrogens (tertiary/aromatic N) is 2. The number of carbonyl (C=O) groups is 2. The number of amides is 2. The highest BCUT2D eigenvalue weighted by Crippen LogP contribution is 2.32. The summed E-state index contributed by atoms with van der Waals surface area (Å²) in [4.78, 5) is 29.1. The van der Waals surface area contributed by atoms with Crippen molar-refractivity contribution < 1.29 is 18.0 Å². The Kier molecular flexibility index (Phi) is 11.7. The maximum absolute atomic E-state index is 14.2. The number of rotatable bonds is 12. The Hall–Kier alpha value is -2.78. The molecule has 2 atom stereocenters. The van der Waals surface area contributed by atoms with E-state index in [1.54, 1.807) is 62.4 Å². The molecule has 0 aromatic heterocycles. The van der Waals surface area contributed by atoms with Crippen LogP contribution in [0, 0.1) is 13.8 Å². The molecule has 2 unspecified atom stereocenters. The molecule has 7 nitrogen and oxygen atoms in total. The molecule has 0 bridgehead atoms. The molecule has 42 heavy (non-hydrogen) atoms. The number of aryl methyl sites for hydroxylation is 1. The molecule has 0 aliphatic rings. The minimum Gasteiger partial charge on any atom is -0.352 e. The van der Waals surface area contributed by atoms with Crippen LogP contribution < -0.4 is 9.62 Å². The topological polar surface area (TPSA) is 86.8 Å². The summed E-state index contributed by atoms with van der Waals surface area (Å²) in [6.07, 6.45) is 0.996. The van der Waals surface area contributed by atoms with Crippen molar-refractivity contribution in [3.63, 3.8) is 0 Å². The first-order valence-corrected chi connectivity index (χ1v) is 16.3. The van der Waals surface area contributed by atoms with Gasteiger partial charge in [-0.25, -0.2) is 8.42 Å². The van der Waals surface area contributed by atoms with Gasteiger partial charge in [0.1, 0.15) is 12.6 Å². The fraction of sp³-hybridized carbons (Fsp3) is 0.355. The Morgan fingerprint density at radius 1 is 0.905 bits per heavy atom. The summed E-state index contributed by atoms with van der Waals surface area (Å²) in [5.74, 6) is -0.917. The highest BCUT2D eigenvalue weighted by Gasteiger charge is 2.35. The number of anilines is 1. The van der Waals surface area contributed by atoms with Crippen molar-refractivity contribution in [3.8, 4) is 0 Å². The first kappa shape index (κ1) is 33.7. The van der Waals surface area contributed by atoms with E-state index in [1.807, 2.05) is 20.8 Å². The van der Waals surface area contributed by atoms with Crippen LogP contribution in [0.5, 0.6) is 0 Å². The Morgan fingerprint density at radius 2 is 1.57 bits per heavy atom. The van der Waals surface area contributed by atoms with E-state index >= 15 is 0 Å². The van der Waals surface area contributed by atoms with Crippen molar-refractivity contribution in [1.82, 2.24) is 10.2 Å². The van der Waals surface area contributed by atoms with E-state index in [1.165, 1.54) is 17.0 Å². The molecule has 0 radical (unpaired) electrons. The van der Waals surface area contributed by atoms with Crippen LogP contribution in [0.4, 0.5) is 5.69 Å². The van der Waals surface area contributed by atoms with Gasteiger partial charge in [-0.05, 0) is 81.1 Å². The minimum absolute atomic E-state index is 0.0223. The molecule has 0 aliphatic heterocycles. The van der Waals surface area contributed by atoms with Crippen LogP contribution in [0.15, 0.2) is 65.6 Å². The van der Waals surface area contributed by atoms with Gasteiger partial charge >= 0.3 is 0 Å². The molecule has 0 heterocycles. The smallest absolute Gasteiger partial charge is 0.264 e. The van der Waals surface area contributed by atoms with E-state index < -0.39 is 28.5 Å². The van der Waals surface area contributed by atoms with E-state index in [0.717, 1.165) is 9.87 Å².